The minimum absolute atomic E-state index is 0.393. The lowest BCUT2D eigenvalue weighted by Crippen LogP contribution is -2.08. The number of esters is 1. The highest BCUT2D eigenvalue weighted by Gasteiger charge is 2.08. The Labute approximate surface area is 159 Å². The molecule has 0 aliphatic heterocycles. The van der Waals surface area contributed by atoms with Gasteiger partial charge in [0, 0.05) is 10.7 Å². The average Bonchev–Trinajstić information content (AvgIpc) is 2.68. The zero-order valence-corrected chi connectivity index (χ0v) is 15.2. The van der Waals surface area contributed by atoms with Crippen molar-refractivity contribution >= 4 is 33.8 Å². The van der Waals surface area contributed by atoms with Crippen molar-refractivity contribution in [2.45, 2.75) is 0 Å². The standard InChI is InChI=1S/C21H13BrN2O2/c22-18-7-9-19(10-8-18)24-14-16-3-11-20(12-4-16)26-21(25)17-5-1-15(13-23)2-6-17/h1-12,14H. The molecule has 0 aliphatic rings. The van der Waals surface area contributed by atoms with Gasteiger partial charge in [-0.2, -0.15) is 5.26 Å². The Bertz CT molecular complexity index is 971. The molecule has 126 valence electrons. The molecule has 0 aromatic heterocycles. The summed E-state index contributed by atoms with van der Waals surface area (Å²) in [5.74, 6) is -0.0223. The molecule has 0 aliphatic carbocycles. The molecular formula is C21H13BrN2O2. The molecule has 0 amide bonds. The molecule has 0 fully saturated rings. The van der Waals surface area contributed by atoms with Gasteiger partial charge in [0.15, 0.2) is 0 Å². The van der Waals surface area contributed by atoms with Crippen molar-refractivity contribution in [3.63, 3.8) is 0 Å². The third-order valence-corrected chi connectivity index (χ3v) is 4.06. The first-order valence-corrected chi connectivity index (χ1v) is 8.55. The Morgan fingerprint density at radius 3 is 2.23 bits per heavy atom. The van der Waals surface area contributed by atoms with Crippen LogP contribution >= 0.6 is 15.9 Å². The van der Waals surface area contributed by atoms with Crippen LogP contribution in [0.25, 0.3) is 0 Å². The van der Waals surface area contributed by atoms with Gasteiger partial charge in [0.05, 0.1) is 22.9 Å². The number of ether oxygens (including phenoxy) is 1. The van der Waals surface area contributed by atoms with Crippen LogP contribution in [0, 0.1) is 11.3 Å². The van der Waals surface area contributed by atoms with Crippen LogP contribution in [0.4, 0.5) is 5.69 Å². The van der Waals surface area contributed by atoms with Gasteiger partial charge in [0.1, 0.15) is 5.75 Å². The maximum atomic E-state index is 12.1. The molecule has 0 unspecified atom stereocenters. The van der Waals surface area contributed by atoms with E-state index in [1.807, 2.05) is 42.5 Å². The molecule has 0 saturated heterocycles. The van der Waals surface area contributed by atoms with Crippen LogP contribution in [0.2, 0.25) is 0 Å². The van der Waals surface area contributed by atoms with Crippen molar-refractivity contribution in [3.05, 3.63) is 94.0 Å². The molecule has 0 bridgehead atoms. The molecule has 0 heterocycles. The highest BCUT2D eigenvalue weighted by Crippen LogP contribution is 2.18. The van der Waals surface area contributed by atoms with E-state index in [1.54, 1.807) is 42.6 Å². The first-order valence-electron chi connectivity index (χ1n) is 7.76. The van der Waals surface area contributed by atoms with E-state index in [-0.39, 0.29) is 0 Å². The SMILES string of the molecule is N#Cc1ccc(C(=O)Oc2ccc(C=Nc3ccc(Br)cc3)cc2)cc1. The van der Waals surface area contributed by atoms with Gasteiger partial charge in [-0.15, -0.1) is 0 Å². The predicted molar refractivity (Wildman–Crippen MR) is 104 cm³/mol. The predicted octanol–water partition coefficient (Wildman–Crippen LogP) is 5.29. The fourth-order valence-electron chi connectivity index (χ4n) is 2.14. The van der Waals surface area contributed by atoms with E-state index in [0.717, 1.165) is 15.7 Å². The van der Waals surface area contributed by atoms with E-state index in [9.17, 15) is 4.79 Å². The Kier molecular flexibility index (Phi) is 5.57. The fourth-order valence-corrected chi connectivity index (χ4v) is 2.41. The lowest BCUT2D eigenvalue weighted by molar-refractivity contribution is 0.0735. The number of carbonyl (C=O) groups is 1. The number of aliphatic imine (C=N–C) groups is 1. The Balaban J connectivity index is 1.64. The second kappa shape index (κ2) is 8.24. The molecule has 26 heavy (non-hydrogen) atoms. The van der Waals surface area contributed by atoms with Crippen LogP contribution in [-0.4, -0.2) is 12.2 Å². The number of nitriles is 1. The average molecular weight is 405 g/mol. The van der Waals surface area contributed by atoms with Gasteiger partial charge in [-0.1, -0.05) is 15.9 Å². The molecule has 3 aromatic carbocycles. The van der Waals surface area contributed by atoms with Gasteiger partial charge in [0.25, 0.3) is 0 Å². The minimum atomic E-state index is -0.467. The Hall–Kier alpha value is -3.23. The summed E-state index contributed by atoms with van der Waals surface area (Å²) in [7, 11) is 0. The van der Waals surface area contributed by atoms with Crippen LogP contribution in [0.1, 0.15) is 21.5 Å². The molecule has 0 spiro atoms. The third kappa shape index (κ3) is 4.65. The fraction of sp³-hybridized carbons (Fsp3) is 0. The van der Waals surface area contributed by atoms with Crippen LogP contribution in [0.3, 0.4) is 0 Å². The zero-order chi connectivity index (χ0) is 18.4. The number of rotatable bonds is 4. The van der Waals surface area contributed by atoms with Gasteiger partial charge in [0.2, 0.25) is 0 Å². The van der Waals surface area contributed by atoms with Gasteiger partial charge in [-0.3, -0.25) is 4.99 Å². The molecule has 4 nitrogen and oxygen atoms in total. The summed E-state index contributed by atoms with van der Waals surface area (Å²) in [5.41, 5.74) is 2.64. The largest absolute Gasteiger partial charge is 0.423 e. The number of halogens is 1. The molecule has 0 radical (unpaired) electrons. The zero-order valence-electron chi connectivity index (χ0n) is 13.6. The second-order valence-electron chi connectivity index (χ2n) is 5.38. The number of carbonyl (C=O) groups excluding carboxylic acids is 1. The van der Waals surface area contributed by atoms with E-state index in [1.165, 1.54) is 0 Å². The number of benzene rings is 3. The maximum Gasteiger partial charge on any atom is 0.343 e. The molecule has 0 N–H and O–H groups in total. The van der Waals surface area contributed by atoms with Crippen molar-refractivity contribution in [1.82, 2.24) is 0 Å². The van der Waals surface area contributed by atoms with E-state index in [4.69, 9.17) is 10.00 Å². The monoisotopic (exact) mass is 404 g/mol. The lowest BCUT2D eigenvalue weighted by Gasteiger charge is -2.04. The lowest BCUT2D eigenvalue weighted by atomic mass is 10.1. The molecule has 0 atom stereocenters. The van der Waals surface area contributed by atoms with E-state index < -0.39 is 5.97 Å². The topological polar surface area (TPSA) is 62.5 Å². The maximum absolute atomic E-state index is 12.1. The van der Waals surface area contributed by atoms with Crippen molar-refractivity contribution in [2.75, 3.05) is 0 Å². The summed E-state index contributed by atoms with van der Waals surface area (Å²) < 4.78 is 6.34. The molecule has 3 aromatic rings. The number of hydrogen-bond donors (Lipinski definition) is 0. The van der Waals surface area contributed by atoms with Crippen molar-refractivity contribution < 1.29 is 9.53 Å². The molecule has 5 heteroatoms. The van der Waals surface area contributed by atoms with Gasteiger partial charge in [-0.25, -0.2) is 4.79 Å². The summed E-state index contributed by atoms with van der Waals surface area (Å²) in [6.07, 6.45) is 1.75. The van der Waals surface area contributed by atoms with Crippen molar-refractivity contribution in [2.24, 2.45) is 4.99 Å². The van der Waals surface area contributed by atoms with Crippen LogP contribution < -0.4 is 4.74 Å². The highest BCUT2D eigenvalue weighted by atomic mass is 79.9. The van der Waals surface area contributed by atoms with Gasteiger partial charge < -0.3 is 4.74 Å². The summed E-state index contributed by atoms with van der Waals surface area (Å²) in [4.78, 5) is 16.5. The minimum Gasteiger partial charge on any atom is -0.423 e. The summed E-state index contributed by atoms with van der Waals surface area (Å²) in [5, 5.41) is 8.78. The summed E-state index contributed by atoms with van der Waals surface area (Å²) in [6.45, 7) is 0. The smallest absolute Gasteiger partial charge is 0.343 e. The molecule has 3 rings (SSSR count). The summed E-state index contributed by atoms with van der Waals surface area (Å²) in [6, 6.07) is 23.1. The Morgan fingerprint density at radius 2 is 1.62 bits per heavy atom. The van der Waals surface area contributed by atoms with E-state index in [0.29, 0.717) is 16.9 Å². The Morgan fingerprint density at radius 1 is 0.962 bits per heavy atom. The van der Waals surface area contributed by atoms with Crippen molar-refractivity contribution in [3.8, 4) is 11.8 Å². The highest BCUT2D eigenvalue weighted by molar-refractivity contribution is 9.10. The second-order valence-corrected chi connectivity index (χ2v) is 6.30. The normalized spacial score (nSPS) is 10.5. The third-order valence-electron chi connectivity index (χ3n) is 3.53. The molecular weight excluding hydrogens is 392 g/mol. The van der Waals surface area contributed by atoms with Crippen molar-refractivity contribution in [1.29, 1.82) is 5.26 Å². The number of hydrogen-bond acceptors (Lipinski definition) is 4. The van der Waals surface area contributed by atoms with Gasteiger partial charge in [-0.05, 0) is 78.4 Å². The summed E-state index contributed by atoms with van der Waals surface area (Å²) >= 11 is 3.39. The van der Waals surface area contributed by atoms with Gasteiger partial charge >= 0.3 is 5.97 Å². The number of nitrogens with zero attached hydrogens (tertiary/aromatic N) is 2. The van der Waals surface area contributed by atoms with Crippen LogP contribution in [-0.2, 0) is 0 Å². The van der Waals surface area contributed by atoms with E-state index >= 15 is 0 Å². The van der Waals surface area contributed by atoms with Crippen LogP contribution in [0.15, 0.2) is 82.3 Å². The first kappa shape index (κ1) is 17.6. The van der Waals surface area contributed by atoms with Crippen LogP contribution in [0.5, 0.6) is 5.75 Å². The quantitative estimate of drug-likeness (QED) is 0.337. The van der Waals surface area contributed by atoms with E-state index in [2.05, 4.69) is 20.9 Å². The molecule has 0 saturated carbocycles. The first-order chi connectivity index (χ1) is 12.6.